The summed E-state index contributed by atoms with van der Waals surface area (Å²) >= 11 is 0. The molecule has 1 aromatic rings. The van der Waals surface area contributed by atoms with Gasteiger partial charge in [-0.25, -0.2) is 9.48 Å². The van der Waals surface area contributed by atoms with Crippen LogP contribution in [0.2, 0.25) is 0 Å². The second kappa shape index (κ2) is 4.82. The summed E-state index contributed by atoms with van der Waals surface area (Å²) in [4.78, 5) is 11.2. The van der Waals surface area contributed by atoms with Gasteiger partial charge < -0.3 is 9.47 Å². The smallest absolute Gasteiger partial charge is 0.358 e. The van der Waals surface area contributed by atoms with Gasteiger partial charge in [0.25, 0.3) is 0 Å². The van der Waals surface area contributed by atoms with E-state index in [4.69, 9.17) is 4.74 Å². The van der Waals surface area contributed by atoms with Gasteiger partial charge in [0.2, 0.25) is 5.88 Å². The lowest BCUT2D eigenvalue weighted by Crippen LogP contribution is -2.10. The fourth-order valence-electron chi connectivity index (χ4n) is 1.17. The molecule has 0 aromatic carbocycles. The number of esters is 1. The van der Waals surface area contributed by atoms with Crippen molar-refractivity contribution in [3.63, 3.8) is 0 Å². The predicted molar refractivity (Wildman–Crippen MR) is 55.0 cm³/mol. The fraction of sp³-hybridized carbons (Fsp3) is 0.600. The molecule has 0 N–H and O–H groups in total. The fourth-order valence-corrected chi connectivity index (χ4v) is 1.17. The summed E-state index contributed by atoms with van der Waals surface area (Å²) < 4.78 is 11.7. The molecule has 0 unspecified atom stereocenters. The Morgan fingerprint density at radius 3 is 2.73 bits per heavy atom. The van der Waals surface area contributed by atoms with Gasteiger partial charge in [0.15, 0.2) is 5.69 Å². The first kappa shape index (κ1) is 11.6. The number of hydrogen-bond donors (Lipinski definition) is 0. The van der Waals surface area contributed by atoms with Crippen LogP contribution in [0.4, 0.5) is 0 Å². The lowest BCUT2D eigenvalue weighted by atomic mass is 10.4. The van der Waals surface area contributed by atoms with Crippen LogP contribution in [0.25, 0.3) is 0 Å². The molecule has 84 valence electrons. The first-order valence-electron chi connectivity index (χ1n) is 4.91. The number of carbonyl (C=O) groups excluding carboxylic acids is 1. The first-order chi connectivity index (χ1) is 7.08. The molecule has 0 spiro atoms. The van der Waals surface area contributed by atoms with E-state index in [2.05, 4.69) is 9.84 Å². The van der Waals surface area contributed by atoms with Gasteiger partial charge in [0.05, 0.1) is 13.2 Å². The molecule has 0 aliphatic heterocycles. The number of nitrogens with zero attached hydrogens (tertiary/aromatic N) is 2. The van der Waals surface area contributed by atoms with E-state index in [1.54, 1.807) is 10.7 Å². The Hall–Kier alpha value is -1.52. The molecule has 0 radical (unpaired) electrons. The zero-order valence-corrected chi connectivity index (χ0v) is 9.48. The van der Waals surface area contributed by atoms with Gasteiger partial charge >= 0.3 is 5.97 Å². The lowest BCUT2D eigenvalue weighted by molar-refractivity contribution is 0.0593. The summed E-state index contributed by atoms with van der Waals surface area (Å²) in [5.74, 6) is 0.142. The van der Waals surface area contributed by atoms with E-state index in [9.17, 15) is 4.79 Å². The second-order valence-electron chi connectivity index (χ2n) is 3.34. The SMILES string of the molecule is CCn1nc(C(=O)OC)cc1OC(C)C. The molecular formula is C10H16N2O3. The summed E-state index contributed by atoms with van der Waals surface area (Å²) in [5.41, 5.74) is 0.273. The van der Waals surface area contributed by atoms with Crippen molar-refractivity contribution in [1.29, 1.82) is 0 Å². The minimum atomic E-state index is -0.448. The Balaban J connectivity index is 2.94. The topological polar surface area (TPSA) is 53.4 Å². The van der Waals surface area contributed by atoms with Crippen LogP contribution in [-0.2, 0) is 11.3 Å². The van der Waals surface area contributed by atoms with Crippen molar-refractivity contribution >= 4 is 5.97 Å². The van der Waals surface area contributed by atoms with Crippen LogP contribution < -0.4 is 4.74 Å². The average molecular weight is 212 g/mol. The van der Waals surface area contributed by atoms with Crippen LogP contribution in [-0.4, -0.2) is 29.0 Å². The maximum atomic E-state index is 11.2. The third-order valence-corrected chi connectivity index (χ3v) is 1.79. The quantitative estimate of drug-likeness (QED) is 0.709. The molecule has 0 aliphatic rings. The van der Waals surface area contributed by atoms with Gasteiger partial charge in [-0.3, -0.25) is 0 Å². The monoisotopic (exact) mass is 212 g/mol. The van der Waals surface area contributed by atoms with Crippen molar-refractivity contribution < 1.29 is 14.3 Å². The zero-order valence-electron chi connectivity index (χ0n) is 9.48. The average Bonchev–Trinajstić information content (AvgIpc) is 2.59. The largest absolute Gasteiger partial charge is 0.475 e. The Morgan fingerprint density at radius 2 is 2.27 bits per heavy atom. The Morgan fingerprint density at radius 1 is 1.60 bits per heavy atom. The molecule has 1 heterocycles. The third kappa shape index (κ3) is 2.71. The van der Waals surface area contributed by atoms with Crippen molar-refractivity contribution in [1.82, 2.24) is 9.78 Å². The predicted octanol–water partition coefficient (Wildman–Crippen LogP) is 1.48. The summed E-state index contributed by atoms with van der Waals surface area (Å²) in [6.07, 6.45) is 0.0532. The van der Waals surface area contributed by atoms with Crippen molar-refractivity contribution in [2.24, 2.45) is 0 Å². The molecule has 5 heteroatoms. The standard InChI is InChI=1S/C10H16N2O3/c1-5-12-9(15-7(2)3)6-8(11-12)10(13)14-4/h6-7H,5H2,1-4H3. The van der Waals surface area contributed by atoms with Gasteiger partial charge in [0, 0.05) is 12.6 Å². The minimum Gasteiger partial charge on any atom is -0.475 e. The highest BCUT2D eigenvalue weighted by atomic mass is 16.5. The molecule has 0 bridgehead atoms. The normalized spacial score (nSPS) is 10.5. The highest BCUT2D eigenvalue weighted by molar-refractivity contribution is 5.87. The van der Waals surface area contributed by atoms with E-state index in [1.807, 2.05) is 20.8 Å². The molecule has 0 fully saturated rings. The number of aryl methyl sites for hydroxylation is 1. The highest BCUT2D eigenvalue weighted by Gasteiger charge is 2.15. The van der Waals surface area contributed by atoms with Crippen molar-refractivity contribution in [3.05, 3.63) is 11.8 Å². The van der Waals surface area contributed by atoms with Gasteiger partial charge in [-0.1, -0.05) is 0 Å². The van der Waals surface area contributed by atoms with Crippen LogP contribution in [0, 0.1) is 0 Å². The van der Waals surface area contributed by atoms with Crippen LogP contribution >= 0.6 is 0 Å². The van der Waals surface area contributed by atoms with Gasteiger partial charge in [-0.05, 0) is 20.8 Å². The van der Waals surface area contributed by atoms with Gasteiger partial charge in [0.1, 0.15) is 0 Å². The molecule has 15 heavy (non-hydrogen) atoms. The van der Waals surface area contributed by atoms with Crippen molar-refractivity contribution in [2.75, 3.05) is 7.11 Å². The number of hydrogen-bond acceptors (Lipinski definition) is 4. The number of aromatic nitrogens is 2. The maximum absolute atomic E-state index is 11.2. The van der Waals surface area contributed by atoms with E-state index >= 15 is 0 Å². The van der Waals surface area contributed by atoms with Gasteiger partial charge in [-0.15, -0.1) is 0 Å². The van der Waals surface area contributed by atoms with Crippen LogP contribution in [0.1, 0.15) is 31.3 Å². The second-order valence-corrected chi connectivity index (χ2v) is 3.34. The summed E-state index contributed by atoms with van der Waals surface area (Å²) in [5, 5.41) is 4.07. The lowest BCUT2D eigenvalue weighted by Gasteiger charge is -2.09. The van der Waals surface area contributed by atoms with Crippen molar-refractivity contribution in [3.8, 4) is 5.88 Å². The minimum absolute atomic E-state index is 0.0532. The Labute approximate surface area is 89.0 Å². The summed E-state index contributed by atoms with van der Waals surface area (Å²) in [6.45, 7) is 6.43. The number of carbonyl (C=O) groups is 1. The number of methoxy groups -OCH3 is 1. The molecule has 0 atom stereocenters. The van der Waals surface area contributed by atoms with Crippen molar-refractivity contribution in [2.45, 2.75) is 33.4 Å². The molecule has 1 rings (SSSR count). The molecule has 0 aliphatic carbocycles. The van der Waals surface area contributed by atoms with E-state index in [0.29, 0.717) is 12.4 Å². The highest BCUT2D eigenvalue weighted by Crippen LogP contribution is 2.15. The molecule has 1 aromatic heterocycles. The first-order valence-corrected chi connectivity index (χ1v) is 4.91. The van der Waals surface area contributed by atoms with E-state index in [-0.39, 0.29) is 11.8 Å². The molecule has 0 saturated heterocycles. The third-order valence-electron chi connectivity index (χ3n) is 1.79. The molecule has 0 amide bonds. The zero-order chi connectivity index (χ0) is 11.4. The summed E-state index contributed by atoms with van der Waals surface area (Å²) in [6, 6.07) is 1.59. The van der Waals surface area contributed by atoms with Crippen LogP contribution in [0.3, 0.4) is 0 Å². The van der Waals surface area contributed by atoms with Gasteiger partial charge in [-0.2, -0.15) is 5.10 Å². The number of rotatable bonds is 4. The number of ether oxygens (including phenoxy) is 2. The molecular weight excluding hydrogens is 196 g/mol. The van der Waals surface area contributed by atoms with Crippen LogP contribution in [0.15, 0.2) is 6.07 Å². The molecule has 5 nitrogen and oxygen atoms in total. The summed E-state index contributed by atoms with van der Waals surface area (Å²) in [7, 11) is 1.33. The Bertz CT molecular complexity index is 344. The molecule has 0 saturated carbocycles. The maximum Gasteiger partial charge on any atom is 0.358 e. The van der Waals surface area contributed by atoms with E-state index in [0.717, 1.165) is 0 Å². The Kier molecular flexibility index (Phi) is 3.71. The van der Waals surface area contributed by atoms with E-state index < -0.39 is 5.97 Å². The van der Waals surface area contributed by atoms with E-state index in [1.165, 1.54) is 7.11 Å². The van der Waals surface area contributed by atoms with Crippen LogP contribution in [0.5, 0.6) is 5.88 Å².